The van der Waals surface area contributed by atoms with Crippen LogP contribution in [0.25, 0.3) is 27.9 Å². The highest BCUT2D eigenvalue weighted by atomic mass is 35.5. The molecule has 4 aromatic rings. The van der Waals surface area contributed by atoms with Crippen LogP contribution in [0.4, 0.5) is 5.82 Å². The van der Waals surface area contributed by atoms with Gasteiger partial charge in [0.15, 0.2) is 5.65 Å². The molecular formula is C24H25Cl2N5O. The number of amides is 1. The Morgan fingerprint density at radius 3 is 2.44 bits per heavy atom. The van der Waals surface area contributed by atoms with Crippen LogP contribution in [-0.2, 0) is 0 Å². The molecule has 0 unspecified atom stereocenters. The molecule has 0 saturated heterocycles. The molecule has 0 aliphatic carbocycles. The van der Waals surface area contributed by atoms with E-state index in [1.54, 1.807) is 22.8 Å². The Kier molecular flexibility index (Phi) is 6.82. The van der Waals surface area contributed by atoms with Gasteiger partial charge in [0.05, 0.1) is 26.8 Å². The molecule has 0 spiro atoms. The number of aromatic nitrogens is 3. The number of rotatable bonds is 8. The fourth-order valence-corrected chi connectivity index (χ4v) is 4.08. The Bertz CT molecular complexity index is 1280. The lowest BCUT2D eigenvalue weighted by Gasteiger charge is -2.09. The van der Waals surface area contributed by atoms with Gasteiger partial charge in [-0.2, -0.15) is 0 Å². The van der Waals surface area contributed by atoms with Crippen LogP contribution in [0.1, 0.15) is 49.4 Å². The lowest BCUT2D eigenvalue weighted by molar-refractivity contribution is 0.0955. The van der Waals surface area contributed by atoms with Gasteiger partial charge >= 0.3 is 0 Å². The molecule has 2 heterocycles. The fraction of sp³-hybridized carbons (Fsp3) is 0.292. The van der Waals surface area contributed by atoms with Crippen molar-refractivity contribution in [1.82, 2.24) is 19.9 Å². The number of carbonyl (C=O) groups is 1. The van der Waals surface area contributed by atoms with Gasteiger partial charge in [0.2, 0.25) is 0 Å². The van der Waals surface area contributed by atoms with Crippen molar-refractivity contribution in [3.63, 3.8) is 0 Å². The molecule has 0 radical (unpaired) electrons. The van der Waals surface area contributed by atoms with Crippen LogP contribution >= 0.6 is 23.2 Å². The van der Waals surface area contributed by atoms with Crippen molar-refractivity contribution < 1.29 is 4.79 Å². The number of nitrogens with zero attached hydrogens (tertiary/aromatic N) is 3. The first-order chi connectivity index (χ1) is 15.5. The van der Waals surface area contributed by atoms with E-state index in [-0.39, 0.29) is 11.7 Å². The molecule has 2 aromatic carbocycles. The number of anilines is 1. The van der Waals surface area contributed by atoms with E-state index in [2.05, 4.69) is 12.2 Å². The first-order valence-electron chi connectivity index (χ1n) is 10.8. The highest BCUT2D eigenvalue weighted by molar-refractivity contribution is 6.42. The van der Waals surface area contributed by atoms with Crippen molar-refractivity contribution in [2.45, 2.75) is 39.0 Å². The van der Waals surface area contributed by atoms with Crippen LogP contribution < -0.4 is 11.1 Å². The van der Waals surface area contributed by atoms with E-state index in [4.69, 9.17) is 38.9 Å². The van der Waals surface area contributed by atoms with Gasteiger partial charge in [-0.15, -0.1) is 0 Å². The molecule has 2 aromatic heterocycles. The van der Waals surface area contributed by atoms with Crippen LogP contribution in [-0.4, -0.2) is 27.0 Å². The summed E-state index contributed by atoms with van der Waals surface area (Å²) in [5, 5.41) is 3.81. The first-order valence-corrected chi connectivity index (χ1v) is 11.6. The molecule has 4 rings (SSSR count). The first kappa shape index (κ1) is 22.4. The lowest BCUT2D eigenvalue weighted by Crippen LogP contribution is -2.25. The molecule has 0 saturated carbocycles. The van der Waals surface area contributed by atoms with Crippen LogP contribution in [0.2, 0.25) is 10.0 Å². The SMILES string of the molecule is CCCCCCCNC(=O)c1c(N)n(-c2ccc(Cl)c(Cl)c2)c2nc3ccccc3nc12. The maximum Gasteiger partial charge on any atom is 0.257 e. The summed E-state index contributed by atoms with van der Waals surface area (Å²) < 4.78 is 1.70. The fourth-order valence-electron chi connectivity index (χ4n) is 3.79. The third kappa shape index (κ3) is 4.38. The molecule has 0 atom stereocenters. The number of carbonyl (C=O) groups excluding carboxylic acids is 1. The second kappa shape index (κ2) is 9.76. The smallest absolute Gasteiger partial charge is 0.257 e. The van der Waals surface area contributed by atoms with Gasteiger partial charge in [-0.05, 0) is 36.8 Å². The summed E-state index contributed by atoms with van der Waals surface area (Å²) in [4.78, 5) is 22.6. The summed E-state index contributed by atoms with van der Waals surface area (Å²) in [6.45, 7) is 2.77. The summed E-state index contributed by atoms with van der Waals surface area (Å²) in [6.07, 6.45) is 5.57. The van der Waals surface area contributed by atoms with Gasteiger partial charge in [-0.1, -0.05) is 67.9 Å². The Balaban J connectivity index is 1.78. The van der Waals surface area contributed by atoms with Crippen molar-refractivity contribution in [2.24, 2.45) is 0 Å². The highest BCUT2D eigenvalue weighted by Gasteiger charge is 2.24. The Morgan fingerprint density at radius 1 is 1.00 bits per heavy atom. The Morgan fingerprint density at radius 2 is 1.72 bits per heavy atom. The van der Waals surface area contributed by atoms with Crippen molar-refractivity contribution in [1.29, 1.82) is 0 Å². The number of benzene rings is 2. The van der Waals surface area contributed by atoms with Crippen molar-refractivity contribution in [3.05, 3.63) is 58.1 Å². The summed E-state index contributed by atoms with van der Waals surface area (Å²) in [7, 11) is 0. The van der Waals surface area contributed by atoms with Crippen LogP contribution in [0.15, 0.2) is 42.5 Å². The lowest BCUT2D eigenvalue weighted by atomic mass is 10.1. The molecule has 3 N–H and O–H groups in total. The second-order valence-electron chi connectivity index (χ2n) is 7.75. The van der Waals surface area contributed by atoms with Crippen molar-refractivity contribution in [2.75, 3.05) is 12.3 Å². The summed E-state index contributed by atoms with van der Waals surface area (Å²) in [5.41, 5.74) is 9.84. The molecule has 0 bridgehead atoms. The predicted octanol–water partition coefficient (Wildman–Crippen LogP) is 6.16. The number of nitrogens with one attached hydrogen (secondary N) is 1. The highest BCUT2D eigenvalue weighted by Crippen LogP contribution is 2.33. The second-order valence-corrected chi connectivity index (χ2v) is 8.56. The average molecular weight is 470 g/mol. The van der Waals surface area contributed by atoms with E-state index >= 15 is 0 Å². The maximum atomic E-state index is 13.2. The van der Waals surface area contributed by atoms with Crippen LogP contribution in [0.5, 0.6) is 0 Å². The van der Waals surface area contributed by atoms with Gasteiger partial charge in [0.25, 0.3) is 5.91 Å². The summed E-state index contributed by atoms with van der Waals surface area (Å²) in [6, 6.07) is 12.7. The molecule has 32 heavy (non-hydrogen) atoms. The van der Waals surface area contributed by atoms with E-state index < -0.39 is 0 Å². The van der Waals surface area contributed by atoms with Crippen molar-refractivity contribution in [3.8, 4) is 5.69 Å². The van der Waals surface area contributed by atoms with Gasteiger partial charge in [0.1, 0.15) is 16.9 Å². The van der Waals surface area contributed by atoms with E-state index in [1.165, 1.54) is 19.3 Å². The number of hydrogen-bond acceptors (Lipinski definition) is 4. The number of para-hydroxylation sites is 2. The number of nitrogen functional groups attached to an aromatic ring is 1. The van der Waals surface area contributed by atoms with Gasteiger partial charge < -0.3 is 11.1 Å². The number of hydrogen-bond donors (Lipinski definition) is 2. The molecular weight excluding hydrogens is 445 g/mol. The minimum absolute atomic E-state index is 0.258. The quantitative estimate of drug-likeness (QED) is 0.302. The minimum atomic E-state index is -0.258. The number of halogens is 2. The topological polar surface area (TPSA) is 85.8 Å². The molecule has 6 nitrogen and oxygen atoms in total. The van der Waals surface area contributed by atoms with Crippen molar-refractivity contribution >= 4 is 57.1 Å². The molecule has 0 fully saturated rings. The largest absolute Gasteiger partial charge is 0.384 e. The van der Waals surface area contributed by atoms with Gasteiger partial charge in [0, 0.05) is 6.54 Å². The van der Waals surface area contributed by atoms with E-state index in [9.17, 15) is 4.79 Å². The number of nitrogens with two attached hydrogens (primary N) is 1. The Labute approximate surface area is 196 Å². The van der Waals surface area contributed by atoms with Gasteiger partial charge in [-0.3, -0.25) is 9.36 Å². The molecule has 0 aliphatic heterocycles. The molecule has 166 valence electrons. The third-order valence-corrected chi connectivity index (χ3v) is 6.19. The summed E-state index contributed by atoms with van der Waals surface area (Å²) in [5.74, 6) is 0.00330. The number of fused-ring (bicyclic) bond motifs is 2. The molecule has 0 aliphatic rings. The average Bonchev–Trinajstić information content (AvgIpc) is 3.07. The Hall–Kier alpha value is -2.83. The van der Waals surface area contributed by atoms with E-state index in [0.717, 1.165) is 12.8 Å². The monoisotopic (exact) mass is 469 g/mol. The van der Waals surface area contributed by atoms with E-state index in [1.807, 2.05) is 24.3 Å². The number of unbranched alkanes of at least 4 members (excludes halogenated alkanes) is 4. The minimum Gasteiger partial charge on any atom is -0.384 e. The zero-order valence-electron chi connectivity index (χ0n) is 17.9. The summed E-state index contributed by atoms with van der Waals surface area (Å²) >= 11 is 12.3. The predicted molar refractivity (Wildman–Crippen MR) is 132 cm³/mol. The zero-order chi connectivity index (χ0) is 22.7. The molecule has 8 heteroatoms. The van der Waals surface area contributed by atoms with Crippen LogP contribution in [0.3, 0.4) is 0 Å². The van der Waals surface area contributed by atoms with E-state index in [0.29, 0.717) is 50.0 Å². The maximum absolute atomic E-state index is 13.2. The van der Waals surface area contributed by atoms with Crippen LogP contribution in [0, 0.1) is 0 Å². The van der Waals surface area contributed by atoms with Gasteiger partial charge in [-0.25, -0.2) is 9.97 Å². The third-order valence-electron chi connectivity index (χ3n) is 5.45. The normalized spacial score (nSPS) is 11.3. The zero-order valence-corrected chi connectivity index (χ0v) is 19.4. The molecule has 1 amide bonds. The standard InChI is InChI=1S/C24H25Cl2N5O/c1-2-3-4-5-8-13-28-24(32)20-21-23(30-19-10-7-6-9-18(19)29-21)31(22(20)27)15-11-12-16(25)17(26)14-15/h6-7,9-12,14H,2-5,8,13,27H2,1H3,(H,28,32).